The Balaban J connectivity index is 1.48. The van der Waals surface area contributed by atoms with Crippen LogP contribution in [-0.2, 0) is 19.4 Å². The molecule has 3 heteroatoms. The molecule has 1 unspecified atom stereocenters. The van der Waals surface area contributed by atoms with Crippen LogP contribution in [0.25, 0.3) is 22.4 Å². The van der Waals surface area contributed by atoms with Crippen LogP contribution in [0.5, 0.6) is 0 Å². The van der Waals surface area contributed by atoms with E-state index in [1.807, 2.05) is 30.3 Å². The number of benzene rings is 4. The standard InChI is InChI=1S/C37H39NO2/c1-25(2)27(4)36-23-32(28(5)38-24-30-11-7-6-8-12-30)19-20-33(36)22-26(3)21-29-15-17-31(18-16-29)34-13-9-10-14-35(34)37(39)40/h6-20,23,26,38H,5,21-22,24H2,1-4H3,(H,39,40). The fraction of sp³-hybridized carbons (Fsp3) is 0.216. The number of nitrogens with one attached hydrogen (secondary N) is 1. The minimum atomic E-state index is -0.905. The summed E-state index contributed by atoms with van der Waals surface area (Å²) < 4.78 is 0. The highest BCUT2D eigenvalue weighted by atomic mass is 16.4. The van der Waals surface area contributed by atoms with Crippen molar-refractivity contribution in [1.82, 2.24) is 5.32 Å². The molecule has 1 atom stereocenters. The number of aromatic carboxylic acids is 1. The highest BCUT2D eigenvalue weighted by Crippen LogP contribution is 2.29. The summed E-state index contributed by atoms with van der Waals surface area (Å²) >= 11 is 0. The topological polar surface area (TPSA) is 49.3 Å². The lowest BCUT2D eigenvalue weighted by Crippen LogP contribution is -2.12. The van der Waals surface area contributed by atoms with Gasteiger partial charge in [-0.25, -0.2) is 4.79 Å². The summed E-state index contributed by atoms with van der Waals surface area (Å²) in [6.07, 6.45) is 1.91. The molecule has 0 aliphatic heterocycles. The average Bonchev–Trinajstić information content (AvgIpc) is 2.96. The second kappa shape index (κ2) is 13.1. The van der Waals surface area contributed by atoms with Crippen molar-refractivity contribution in [2.24, 2.45) is 5.92 Å². The number of carboxylic acids is 1. The summed E-state index contributed by atoms with van der Waals surface area (Å²) in [7, 11) is 0. The Hall–Kier alpha value is -4.37. The number of carboxylic acid groups (broad SMARTS) is 1. The predicted molar refractivity (Wildman–Crippen MR) is 168 cm³/mol. The molecular formula is C37H39NO2. The van der Waals surface area contributed by atoms with Gasteiger partial charge in [-0.3, -0.25) is 0 Å². The maximum atomic E-state index is 11.6. The minimum Gasteiger partial charge on any atom is -0.478 e. The van der Waals surface area contributed by atoms with Crippen LogP contribution in [0.1, 0.15) is 65.9 Å². The van der Waals surface area contributed by atoms with E-state index in [9.17, 15) is 9.90 Å². The van der Waals surface area contributed by atoms with Crippen LogP contribution >= 0.6 is 0 Å². The largest absolute Gasteiger partial charge is 0.478 e. The molecule has 0 amide bonds. The van der Waals surface area contributed by atoms with Crippen molar-refractivity contribution in [3.63, 3.8) is 0 Å². The Morgan fingerprint density at radius 1 is 0.800 bits per heavy atom. The molecule has 0 bridgehead atoms. The van der Waals surface area contributed by atoms with Crippen LogP contribution in [0.4, 0.5) is 0 Å². The summed E-state index contributed by atoms with van der Waals surface area (Å²) in [5, 5.41) is 13.0. The molecule has 4 aromatic carbocycles. The van der Waals surface area contributed by atoms with E-state index in [2.05, 4.69) is 94.2 Å². The van der Waals surface area contributed by atoms with Crippen LogP contribution < -0.4 is 5.32 Å². The van der Waals surface area contributed by atoms with Gasteiger partial charge in [0.05, 0.1) is 5.56 Å². The minimum absolute atomic E-state index is 0.326. The maximum absolute atomic E-state index is 11.6. The van der Waals surface area contributed by atoms with Crippen LogP contribution in [0.2, 0.25) is 0 Å². The molecule has 4 aromatic rings. The van der Waals surface area contributed by atoms with Gasteiger partial charge in [-0.15, -0.1) is 0 Å². The quantitative estimate of drug-likeness (QED) is 0.204. The van der Waals surface area contributed by atoms with Crippen LogP contribution in [-0.4, -0.2) is 11.1 Å². The van der Waals surface area contributed by atoms with Gasteiger partial charge in [0.1, 0.15) is 0 Å². The Labute approximate surface area is 238 Å². The normalized spacial score (nSPS) is 11.5. The molecule has 40 heavy (non-hydrogen) atoms. The second-order valence-corrected chi connectivity index (χ2v) is 10.9. The van der Waals surface area contributed by atoms with E-state index in [1.165, 1.54) is 33.4 Å². The van der Waals surface area contributed by atoms with E-state index in [0.29, 0.717) is 11.5 Å². The number of rotatable bonds is 11. The van der Waals surface area contributed by atoms with Gasteiger partial charge in [0.25, 0.3) is 0 Å². The molecule has 3 nitrogen and oxygen atoms in total. The first-order chi connectivity index (χ1) is 19.2. The SMILES string of the molecule is C=C(NCc1ccccc1)c1ccc(CC(C)Cc2ccc(-c3ccccc3C(=O)O)cc2)c(C(C)=C(C)C)c1. The Kier molecular flexibility index (Phi) is 9.39. The van der Waals surface area contributed by atoms with Gasteiger partial charge < -0.3 is 10.4 Å². The third kappa shape index (κ3) is 7.18. The molecule has 0 aliphatic rings. The van der Waals surface area contributed by atoms with E-state index in [0.717, 1.165) is 41.8 Å². The van der Waals surface area contributed by atoms with Gasteiger partial charge in [-0.1, -0.05) is 104 Å². The van der Waals surface area contributed by atoms with Gasteiger partial charge >= 0.3 is 5.97 Å². The van der Waals surface area contributed by atoms with Crippen molar-refractivity contribution in [3.8, 4) is 11.1 Å². The average molecular weight is 530 g/mol. The fourth-order valence-electron chi connectivity index (χ4n) is 5.06. The Morgan fingerprint density at radius 2 is 1.48 bits per heavy atom. The van der Waals surface area contributed by atoms with Crippen molar-refractivity contribution in [2.45, 2.75) is 47.1 Å². The lowest BCUT2D eigenvalue weighted by molar-refractivity contribution is 0.0697. The Bertz CT molecular complexity index is 1510. The van der Waals surface area contributed by atoms with E-state index < -0.39 is 5.97 Å². The van der Waals surface area contributed by atoms with E-state index in [1.54, 1.807) is 12.1 Å². The van der Waals surface area contributed by atoms with Crippen molar-refractivity contribution >= 4 is 17.2 Å². The summed E-state index contributed by atoms with van der Waals surface area (Å²) in [5.41, 5.74) is 11.8. The molecule has 0 fully saturated rings. The zero-order chi connectivity index (χ0) is 28.6. The first-order valence-corrected chi connectivity index (χ1v) is 13.9. The van der Waals surface area contributed by atoms with E-state index >= 15 is 0 Å². The number of carbonyl (C=O) groups is 1. The third-order valence-electron chi connectivity index (χ3n) is 7.54. The lowest BCUT2D eigenvalue weighted by Gasteiger charge is -2.19. The van der Waals surface area contributed by atoms with E-state index in [4.69, 9.17) is 0 Å². The molecule has 0 spiro atoms. The molecule has 2 N–H and O–H groups in total. The molecular weight excluding hydrogens is 490 g/mol. The first kappa shape index (κ1) is 28.6. The number of allylic oxidation sites excluding steroid dienone is 2. The third-order valence-corrected chi connectivity index (χ3v) is 7.54. The smallest absolute Gasteiger partial charge is 0.336 e. The summed E-state index contributed by atoms with van der Waals surface area (Å²) in [6.45, 7) is 13.9. The molecule has 0 radical (unpaired) electrons. The van der Waals surface area contributed by atoms with Crippen LogP contribution in [0, 0.1) is 5.92 Å². The molecule has 0 aromatic heterocycles. The van der Waals surface area contributed by atoms with Crippen molar-refractivity contribution in [2.75, 3.05) is 0 Å². The van der Waals surface area contributed by atoms with Gasteiger partial charge in [0.15, 0.2) is 0 Å². The molecule has 0 saturated carbocycles. The lowest BCUT2D eigenvalue weighted by atomic mass is 9.87. The monoisotopic (exact) mass is 529 g/mol. The van der Waals surface area contributed by atoms with Gasteiger partial charge in [-0.05, 0) is 96.2 Å². The molecule has 4 rings (SSSR count). The van der Waals surface area contributed by atoms with Crippen molar-refractivity contribution in [3.05, 3.63) is 143 Å². The highest BCUT2D eigenvalue weighted by Gasteiger charge is 2.14. The van der Waals surface area contributed by atoms with Gasteiger partial charge in [0, 0.05) is 12.2 Å². The van der Waals surface area contributed by atoms with Gasteiger partial charge in [0.2, 0.25) is 0 Å². The molecule has 0 saturated heterocycles. The fourth-order valence-corrected chi connectivity index (χ4v) is 5.06. The van der Waals surface area contributed by atoms with Crippen LogP contribution in [0.15, 0.2) is 109 Å². The second-order valence-electron chi connectivity index (χ2n) is 10.9. The highest BCUT2D eigenvalue weighted by molar-refractivity contribution is 5.96. The van der Waals surface area contributed by atoms with E-state index in [-0.39, 0.29) is 0 Å². The summed E-state index contributed by atoms with van der Waals surface area (Å²) in [4.78, 5) is 11.6. The number of hydrogen-bond donors (Lipinski definition) is 2. The first-order valence-electron chi connectivity index (χ1n) is 13.9. The molecule has 204 valence electrons. The molecule has 0 heterocycles. The Morgan fingerprint density at radius 3 is 2.15 bits per heavy atom. The maximum Gasteiger partial charge on any atom is 0.336 e. The number of hydrogen-bond acceptors (Lipinski definition) is 2. The van der Waals surface area contributed by atoms with Crippen LogP contribution in [0.3, 0.4) is 0 Å². The summed E-state index contributed by atoms with van der Waals surface area (Å²) in [6, 6.07) is 32.6. The summed E-state index contributed by atoms with van der Waals surface area (Å²) in [5.74, 6) is -0.469. The van der Waals surface area contributed by atoms with Gasteiger partial charge in [-0.2, -0.15) is 0 Å². The van der Waals surface area contributed by atoms with Crippen molar-refractivity contribution < 1.29 is 9.90 Å². The van der Waals surface area contributed by atoms with Crippen molar-refractivity contribution in [1.29, 1.82) is 0 Å². The zero-order valence-corrected chi connectivity index (χ0v) is 24.0. The zero-order valence-electron chi connectivity index (χ0n) is 24.0. The predicted octanol–water partition coefficient (Wildman–Crippen LogP) is 9.05. The molecule has 0 aliphatic carbocycles.